The van der Waals surface area contributed by atoms with Crippen LogP contribution in [-0.2, 0) is 11.2 Å². The molecule has 0 radical (unpaired) electrons. The Morgan fingerprint density at radius 1 is 0.367 bits per heavy atom. The van der Waals surface area contributed by atoms with Crippen molar-refractivity contribution in [1.29, 1.82) is 0 Å². The molecule has 2 heteroatoms. The monoisotopic (exact) mass is 394 g/mol. The lowest BCUT2D eigenvalue weighted by Gasteiger charge is -2.35. The average Bonchev–Trinajstić information content (AvgIpc) is 2.84. The van der Waals surface area contributed by atoms with E-state index in [1.54, 1.807) is 0 Å². The van der Waals surface area contributed by atoms with Crippen LogP contribution >= 0.6 is 0 Å². The molecule has 0 amide bonds. The summed E-state index contributed by atoms with van der Waals surface area (Å²) in [5, 5.41) is 23.8. The lowest BCUT2D eigenvalue weighted by atomic mass is 9.76. The third kappa shape index (κ3) is 3.93. The van der Waals surface area contributed by atoms with Crippen LogP contribution in [0.15, 0.2) is 121 Å². The molecule has 0 aromatic heterocycles. The zero-order chi connectivity index (χ0) is 20.9. The maximum absolute atomic E-state index is 11.9. The van der Waals surface area contributed by atoms with Crippen LogP contribution in [0.25, 0.3) is 0 Å². The quantitative estimate of drug-likeness (QED) is 0.426. The van der Waals surface area contributed by atoms with Crippen molar-refractivity contribution in [2.24, 2.45) is 0 Å². The van der Waals surface area contributed by atoms with E-state index < -0.39 is 11.2 Å². The zero-order valence-corrected chi connectivity index (χ0v) is 16.9. The molecule has 0 spiro atoms. The highest BCUT2D eigenvalue weighted by atomic mass is 16.3. The van der Waals surface area contributed by atoms with Crippen LogP contribution < -0.4 is 0 Å². The van der Waals surface area contributed by atoms with Crippen molar-refractivity contribution in [3.63, 3.8) is 0 Å². The second kappa shape index (κ2) is 8.66. The Morgan fingerprint density at radius 2 is 0.567 bits per heavy atom. The normalized spacial score (nSPS) is 11.9. The first-order valence-electron chi connectivity index (χ1n) is 10.3. The molecular weight excluding hydrogens is 368 g/mol. The number of benzene rings is 4. The van der Waals surface area contributed by atoms with Gasteiger partial charge in [-0.2, -0.15) is 0 Å². The first-order valence-corrected chi connectivity index (χ1v) is 10.3. The van der Waals surface area contributed by atoms with Crippen molar-refractivity contribution in [2.45, 2.75) is 24.0 Å². The second-order valence-corrected chi connectivity index (χ2v) is 7.68. The van der Waals surface area contributed by atoms with E-state index >= 15 is 0 Å². The molecule has 0 unspecified atom stereocenters. The fourth-order valence-corrected chi connectivity index (χ4v) is 4.13. The van der Waals surface area contributed by atoms with Crippen LogP contribution in [0.4, 0.5) is 0 Å². The summed E-state index contributed by atoms with van der Waals surface area (Å²) in [6.45, 7) is 0. The van der Waals surface area contributed by atoms with Gasteiger partial charge in [0.1, 0.15) is 11.2 Å². The van der Waals surface area contributed by atoms with E-state index in [-0.39, 0.29) is 0 Å². The van der Waals surface area contributed by atoms with Gasteiger partial charge in [-0.15, -0.1) is 0 Å². The Kier molecular flexibility index (Phi) is 5.80. The average molecular weight is 395 g/mol. The molecular formula is C28H26O2. The van der Waals surface area contributed by atoms with Crippen LogP contribution in [-0.4, -0.2) is 10.2 Å². The van der Waals surface area contributed by atoms with E-state index in [2.05, 4.69) is 0 Å². The summed E-state index contributed by atoms with van der Waals surface area (Å²) in [5.41, 5.74) is 0.860. The van der Waals surface area contributed by atoms with Crippen molar-refractivity contribution < 1.29 is 10.2 Å². The molecule has 0 saturated heterocycles. The predicted molar refractivity (Wildman–Crippen MR) is 121 cm³/mol. The number of aliphatic hydroxyl groups is 2. The molecule has 0 fully saturated rings. The van der Waals surface area contributed by atoms with E-state index in [9.17, 15) is 10.2 Å². The highest BCUT2D eigenvalue weighted by Gasteiger charge is 2.38. The summed E-state index contributed by atoms with van der Waals surface area (Å²) in [6.07, 6.45) is 0.725. The van der Waals surface area contributed by atoms with Gasteiger partial charge in [0, 0.05) is 0 Å². The Hall–Kier alpha value is -3.20. The van der Waals surface area contributed by atoms with Gasteiger partial charge >= 0.3 is 0 Å². The fourth-order valence-electron chi connectivity index (χ4n) is 4.13. The third-order valence-corrected chi connectivity index (χ3v) is 5.85. The first-order chi connectivity index (χ1) is 14.6. The molecule has 2 N–H and O–H groups in total. The standard InChI is InChI=1S/C28H26O2/c29-27(23-13-5-1-6-14-23,24-15-7-2-8-16-24)21-22-28(30,25-17-9-3-10-18-25)26-19-11-4-12-20-26/h1-20,29-30H,21-22H2. The Balaban J connectivity index is 1.76. The summed E-state index contributed by atoms with van der Waals surface area (Å²) in [6, 6.07) is 38.8. The van der Waals surface area contributed by atoms with Gasteiger partial charge in [-0.1, -0.05) is 121 Å². The van der Waals surface area contributed by atoms with Gasteiger partial charge in [0.05, 0.1) is 0 Å². The minimum absolute atomic E-state index is 0.362. The topological polar surface area (TPSA) is 40.5 Å². The minimum Gasteiger partial charge on any atom is -0.380 e. The Labute approximate surface area is 178 Å². The molecule has 30 heavy (non-hydrogen) atoms. The van der Waals surface area contributed by atoms with Gasteiger partial charge in [0.25, 0.3) is 0 Å². The molecule has 0 heterocycles. The maximum Gasteiger partial charge on any atom is 0.115 e. The fraction of sp³-hybridized carbons (Fsp3) is 0.143. The summed E-state index contributed by atoms with van der Waals surface area (Å²) in [5.74, 6) is 0. The van der Waals surface area contributed by atoms with E-state index in [1.165, 1.54) is 0 Å². The summed E-state index contributed by atoms with van der Waals surface area (Å²) < 4.78 is 0. The molecule has 4 aromatic carbocycles. The van der Waals surface area contributed by atoms with Gasteiger partial charge in [0.2, 0.25) is 0 Å². The highest BCUT2D eigenvalue weighted by Crippen LogP contribution is 2.41. The molecule has 0 saturated carbocycles. The first kappa shape index (κ1) is 20.1. The van der Waals surface area contributed by atoms with E-state index in [0.717, 1.165) is 22.3 Å². The molecule has 0 atom stereocenters. The van der Waals surface area contributed by atoms with E-state index in [0.29, 0.717) is 12.8 Å². The maximum atomic E-state index is 11.9. The molecule has 0 aliphatic rings. The lowest BCUT2D eigenvalue weighted by molar-refractivity contribution is 0.0158. The van der Waals surface area contributed by atoms with Crippen molar-refractivity contribution in [3.05, 3.63) is 144 Å². The van der Waals surface area contributed by atoms with Crippen LogP contribution in [0, 0.1) is 0 Å². The largest absolute Gasteiger partial charge is 0.380 e. The van der Waals surface area contributed by atoms with Crippen LogP contribution in [0.2, 0.25) is 0 Å². The van der Waals surface area contributed by atoms with E-state index in [1.807, 2.05) is 121 Å². The SMILES string of the molecule is OC(CCC(O)(c1ccccc1)c1ccccc1)(c1ccccc1)c1ccccc1. The molecule has 0 aliphatic heterocycles. The molecule has 0 bridgehead atoms. The molecule has 0 aliphatic carbocycles. The third-order valence-electron chi connectivity index (χ3n) is 5.85. The number of rotatable bonds is 7. The zero-order valence-electron chi connectivity index (χ0n) is 16.9. The van der Waals surface area contributed by atoms with Crippen LogP contribution in [0.5, 0.6) is 0 Å². The van der Waals surface area contributed by atoms with E-state index in [4.69, 9.17) is 0 Å². The van der Waals surface area contributed by atoms with Crippen LogP contribution in [0.3, 0.4) is 0 Å². The molecule has 4 aromatic rings. The number of hydrogen-bond donors (Lipinski definition) is 2. The highest BCUT2D eigenvalue weighted by molar-refractivity contribution is 5.39. The predicted octanol–water partition coefficient (Wildman–Crippen LogP) is 5.64. The lowest BCUT2D eigenvalue weighted by Crippen LogP contribution is -2.34. The Bertz CT molecular complexity index is 877. The summed E-state index contributed by atoms with van der Waals surface area (Å²) >= 11 is 0. The second-order valence-electron chi connectivity index (χ2n) is 7.68. The number of hydrogen-bond acceptors (Lipinski definition) is 2. The molecule has 4 rings (SSSR count). The molecule has 150 valence electrons. The van der Waals surface area contributed by atoms with Gasteiger partial charge in [-0.25, -0.2) is 0 Å². The van der Waals surface area contributed by atoms with Gasteiger partial charge in [-0.3, -0.25) is 0 Å². The van der Waals surface area contributed by atoms with Crippen molar-refractivity contribution in [2.75, 3.05) is 0 Å². The smallest absolute Gasteiger partial charge is 0.115 e. The van der Waals surface area contributed by atoms with Crippen molar-refractivity contribution >= 4 is 0 Å². The minimum atomic E-state index is -1.21. The van der Waals surface area contributed by atoms with Crippen LogP contribution in [0.1, 0.15) is 35.1 Å². The summed E-state index contributed by atoms with van der Waals surface area (Å²) in [7, 11) is 0. The van der Waals surface area contributed by atoms with Gasteiger partial charge in [0.15, 0.2) is 0 Å². The summed E-state index contributed by atoms with van der Waals surface area (Å²) in [4.78, 5) is 0. The Morgan fingerprint density at radius 3 is 0.767 bits per heavy atom. The van der Waals surface area contributed by atoms with Crippen molar-refractivity contribution in [1.82, 2.24) is 0 Å². The molecule has 2 nitrogen and oxygen atoms in total. The van der Waals surface area contributed by atoms with Crippen molar-refractivity contribution in [3.8, 4) is 0 Å². The van der Waals surface area contributed by atoms with Gasteiger partial charge < -0.3 is 10.2 Å². The van der Waals surface area contributed by atoms with Gasteiger partial charge in [-0.05, 0) is 35.1 Å².